The predicted molar refractivity (Wildman–Crippen MR) is 82.9 cm³/mol. The fourth-order valence-corrected chi connectivity index (χ4v) is 2.87. The maximum Gasteiger partial charge on any atom is 0.411 e. The normalized spacial score (nSPS) is 21.3. The van der Waals surface area contributed by atoms with Crippen molar-refractivity contribution in [3.05, 3.63) is 35.1 Å². The van der Waals surface area contributed by atoms with Gasteiger partial charge in [0, 0.05) is 12.5 Å². The number of hydrogen-bond acceptors (Lipinski definition) is 3. The van der Waals surface area contributed by atoms with Gasteiger partial charge in [0.2, 0.25) is 0 Å². The number of nitrogens with zero attached hydrogens (tertiary/aromatic N) is 1. The van der Waals surface area contributed by atoms with Gasteiger partial charge < -0.3 is 9.84 Å². The number of carboxylic acid groups (broad SMARTS) is 1. The molecule has 0 spiro atoms. The van der Waals surface area contributed by atoms with Crippen molar-refractivity contribution in [2.75, 3.05) is 6.54 Å². The lowest BCUT2D eigenvalue weighted by molar-refractivity contribution is -0.142. The summed E-state index contributed by atoms with van der Waals surface area (Å²) in [6.07, 6.45) is -0.132. The molecule has 0 bridgehead atoms. The van der Waals surface area contributed by atoms with Crippen molar-refractivity contribution in [1.82, 2.24) is 4.90 Å². The first-order valence-electron chi connectivity index (χ1n) is 7.58. The van der Waals surface area contributed by atoms with Gasteiger partial charge in [0.05, 0.1) is 0 Å². The lowest BCUT2D eigenvalue weighted by atomic mass is 9.90. The van der Waals surface area contributed by atoms with Crippen molar-refractivity contribution in [3.8, 4) is 0 Å². The predicted octanol–water partition coefficient (Wildman–Crippen LogP) is 3.31. The first-order valence-corrected chi connectivity index (χ1v) is 7.58. The fourth-order valence-electron chi connectivity index (χ4n) is 2.87. The quantitative estimate of drug-likeness (QED) is 0.907. The standard InChI is InChI=1S/C17H22FNO4/c1-10-9-11(5-6-13(10)18)12-7-8-19(14(12)15(20)21)16(22)23-17(2,3)4/h5-6,9,12,14H,7-8H2,1-4H3,(H,20,21)/t12-,14-/m1/s1. The molecule has 6 heteroatoms. The molecule has 126 valence electrons. The van der Waals surface area contributed by atoms with Gasteiger partial charge in [-0.3, -0.25) is 4.90 Å². The second kappa shape index (κ2) is 6.18. The Morgan fingerprint density at radius 3 is 2.52 bits per heavy atom. The Hall–Kier alpha value is -2.11. The van der Waals surface area contributed by atoms with Crippen LogP contribution in [-0.4, -0.2) is 40.3 Å². The van der Waals surface area contributed by atoms with E-state index in [9.17, 15) is 19.1 Å². The molecule has 0 saturated carbocycles. The number of carbonyl (C=O) groups excluding carboxylic acids is 1. The Balaban J connectivity index is 2.27. The smallest absolute Gasteiger partial charge is 0.411 e. The zero-order valence-corrected chi connectivity index (χ0v) is 13.8. The molecule has 0 aliphatic carbocycles. The molecule has 5 nitrogen and oxygen atoms in total. The summed E-state index contributed by atoms with van der Waals surface area (Å²) in [7, 11) is 0. The van der Waals surface area contributed by atoms with Crippen LogP contribution in [0.5, 0.6) is 0 Å². The van der Waals surface area contributed by atoms with Crippen LogP contribution in [0.15, 0.2) is 18.2 Å². The maximum absolute atomic E-state index is 13.4. The van der Waals surface area contributed by atoms with Crippen LogP contribution in [0, 0.1) is 12.7 Å². The zero-order chi connectivity index (χ0) is 17.4. The van der Waals surface area contributed by atoms with Crippen LogP contribution in [0.2, 0.25) is 0 Å². The van der Waals surface area contributed by atoms with Gasteiger partial charge in [0.1, 0.15) is 17.5 Å². The van der Waals surface area contributed by atoms with E-state index in [1.165, 1.54) is 11.0 Å². The minimum absolute atomic E-state index is 0.299. The van der Waals surface area contributed by atoms with Gasteiger partial charge >= 0.3 is 12.1 Å². The van der Waals surface area contributed by atoms with Crippen molar-refractivity contribution in [2.24, 2.45) is 0 Å². The van der Waals surface area contributed by atoms with Crippen molar-refractivity contribution < 1.29 is 23.8 Å². The molecule has 2 rings (SSSR count). The minimum Gasteiger partial charge on any atom is -0.480 e. The second-order valence-electron chi connectivity index (χ2n) is 6.86. The summed E-state index contributed by atoms with van der Waals surface area (Å²) < 4.78 is 18.7. The SMILES string of the molecule is Cc1cc([C@H]2CCN(C(=O)OC(C)(C)C)[C@H]2C(=O)O)ccc1F. The topological polar surface area (TPSA) is 66.8 Å². The van der Waals surface area contributed by atoms with E-state index in [0.29, 0.717) is 18.5 Å². The number of halogens is 1. The zero-order valence-electron chi connectivity index (χ0n) is 13.8. The molecule has 0 aromatic heterocycles. The van der Waals surface area contributed by atoms with Gasteiger partial charge in [0.15, 0.2) is 0 Å². The van der Waals surface area contributed by atoms with Gasteiger partial charge in [-0.1, -0.05) is 12.1 Å². The van der Waals surface area contributed by atoms with E-state index < -0.39 is 23.7 Å². The van der Waals surface area contributed by atoms with Crippen molar-refractivity contribution in [1.29, 1.82) is 0 Å². The average Bonchev–Trinajstić information content (AvgIpc) is 2.85. The van der Waals surface area contributed by atoms with Gasteiger partial charge in [-0.05, 0) is 51.3 Å². The number of benzene rings is 1. The Kier molecular flexibility index (Phi) is 4.63. The Morgan fingerprint density at radius 1 is 1.35 bits per heavy atom. The van der Waals surface area contributed by atoms with Crippen molar-refractivity contribution >= 4 is 12.1 Å². The Labute approximate surface area is 135 Å². The molecule has 1 heterocycles. The maximum atomic E-state index is 13.4. The molecular weight excluding hydrogens is 301 g/mol. The number of amides is 1. The van der Waals surface area contributed by atoms with Gasteiger partial charge in [-0.15, -0.1) is 0 Å². The van der Waals surface area contributed by atoms with Gasteiger partial charge in [-0.2, -0.15) is 0 Å². The highest BCUT2D eigenvalue weighted by Gasteiger charge is 2.44. The summed E-state index contributed by atoms with van der Waals surface area (Å²) >= 11 is 0. The molecule has 2 atom stereocenters. The van der Waals surface area contributed by atoms with Crippen LogP contribution in [0.1, 0.15) is 44.2 Å². The van der Waals surface area contributed by atoms with Crippen LogP contribution >= 0.6 is 0 Å². The van der Waals surface area contributed by atoms with Gasteiger partial charge in [-0.25, -0.2) is 14.0 Å². The summed E-state index contributed by atoms with van der Waals surface area (Å²) in [5, 5.41) is 9.56. The van der Waals surface area contributed by atoms with E-state index in [4.69, 9.17) is 4.74 Å². The Morgan fingerprint density at radius 2 is 2.00 bits per heavy atom. The molecule has 1 aromatic rings. The molecule has 1 saturated heterocycles. The first kappa shape index (κ1) is 17.2. The van der Waals surface area contributed by atoms with E-state index in [0.717, 1.165) is 5.56 Å². The highest BCUT2D eigenvalue weighted by atomic mass is 19.1. The monoisotopic (exact) mass is 323 g/mol. The molecule has 0 radical (unpaired) electrons. The molecule has 1 aromatic carbocycles. The molecular formula is C17H22FNO4. The summed E-state index contributed by atoms with van der Waals surface area (Å²) in [6, 6.07) is 3.56. The number of aliphatic carboxylic acids is 1. The summed E-state index contributed by atoms with van der Waals surface area (Å²) in [4.78, 5) is 25.2. The third-order valence-corrected chi connectivity index (χ3v) is 3.89. The first-order chi connectivity index (χ1) is 10.6. The molecule has 0 unspecified atom stereocenters. The molecule has 1 aliphatic rings. The Bertz CT molecular complexity index is 624. The molecule has 1 N–H and O–H groups in total. The lowest BCUT2D eigenvalue weighted by Crippen LogP contribution is -2.45. The summed E-state index contributed by atoms with van der Waals surface area (Å²) in [5.41, 5.74) is 0.495. The van der Waals surface area contributed by atoms with E-state index in [1.807, 2.05) is 0 Å². The summed E-state index contributed by atoms with van der Waals surface area (Å²) in [5.74, 6) is -1.79. The van der Waals surface area contributed by atoms with Crippen LogP contribution in [0.4, 0.5) is 9.18 Å². The van der Waals surface area contributed by atoms with Crippen LogP contribution < -0.4 is 0 Å². The fraction of sp³-hybridized carbons (Fsp3) is 0.529. The minimum atomic E-state index is -1.08. The second-order valence-corrected chi connectivity index (χ2v) is 6.86. The number of ether oxygens (including phenoxy) is 1. The largest absolute Gasteiger partial charge is 0.480 e. The molecule has 23 heavy (non-hydrogen) atoms. The van der Waals surface area contributed by atoms with Crippen molar-refractivity contribution in [2.45, 2.75) is 51.7 Å². The van der Waals surface area contributed by atoms with E-state index in [-0.39, 0.29) is 11.7 Å². The number of rotatable bonds is 2. The summed E-state index contributed by atoms with van der Waals surface area (Å²) in [6.45, 7) is 7.13. The molecule has 1 fully saturated rings. The number of carbonyl (C=O) groups is 2. The molecule has 1 aliphatic heterocycles. The number of carboxylic acids is 1. The highest BCUT2D eigenvalue weighted by Crippen LogP contribution is 2.35. The van der Waals surface area contributed by atoms with E-state index in [2.05, 4.69) is 0 Å². The average molecular weight is 323 g/mol. The number of likely N-dealkylation sites (tertiary alicyclic amines) is 1. The third kappa shape index (κ3) is 3.81. The third-order valence-electron chi connectivity index (χ3n) is 3.89. The highest BCUT2D eigenvalue weighted by molar-refractivity contribution is 5.82. The number of aryl methyl sites for hydroxylation is 1. The number of hydrogen-bond donors (Lipinski definition) is 1. The van der Waals surface area contributed by atoms with Crippen LogP contribution in [0.25, 0.3) is 0 Å². The van der Waals surface area contributed by atoms with E-state index in [1.54, 1.807) is 39.8 Å². The molecule has 1 amide bonds. The van der Waals surface area contributed by atoms with Crippen LogP contribution in [-0.2, 0) is 9.53 Å². The van der Waals surface area contributed by atoms with Crippen molar-refractivity contribution in [3.63, 3.8) is 0 Å². The lowest BCUT2D eigenvalue weighted by Gasteiger charge is -2.28. The van der Waals surface area contributed by atoms with E-state index >= 15 is 0 Å². The van der Waals surface area contributed by atoms with Crippen LogP contribution in [0.3, 0.4) is 0 Å². The van der Waals surface area contributed by atoms with Gasteiger partial charge in [0.25, 0.3) is 0 Å².